The first-order valence-corrected chi connectivity index (χ1v) is 7.00. The lowest BCUT2D eigenvalue weighted by atomic mass is 10.0. The second kappa shape index (κ2) is 10.7. The number of piperidine rings is 1. The van der Waals surface area contributed by atoms with Crippen LogP contribution >= 0.6 is 0 Å². The molecule has 0 spiro atoms. The fourth-order valence-corrected chi connectivity index (χ4v) is 2.38. The van der Waals surface area contributed by atoms with Crippen LogP contribution in [0.25, 0.3) is 0 Å². The van der Waals surface area contributed by atoms with Crippen LogP contribution < -0.4 is 5.32 Å². The summed E-state index contributed by atoms with van der Waals surface area (Å²) in [5.74, 6) is 0. The van der Waals surface area contributed by atoms with Crippen molar-refractivity contribution in [3.05, 3.63) is 0 Å². The molecule has 1 atom stereocenters. The summed E-state index contributed by atoms with van der Waals surface area (Å²) < 4.78 is 10.4. The second-order valence-corrected chi connectivity index (χ2v) is 4.72. The van der Waals surface area contributed by atoms with Crippen molar-refractivity contribution in [2.45, 2.75) is 25.3 Å². The molecule has 108 valence electrons. The number of ether oxygens (including phenoxy) is 2. The van der Waals surface area contributed by atoms with Crippen LogP contribution in [0.4, 0.5) is 0 Å². The van der Waals surface area contributed by atoms with E-state index in [1.807, 2.05) is 0 Å². The number of likely N-dealkylation sites (tertiary alicyclic amines) is 1. The van der Waals surface area contributed by atoms with Gasteiger partial charge in [-0.2, -0.15) is 0 Å². The minimum atomic E-state index is 0.113. The highest BCUT2D eigenvalue weighted by atomic mass is 16.5. The number of methoxy groups -OCH3 is 1. The summed E-state index contributed by atoms with van der Waals surface area (Å²) in [5.41, 5.74) is 0. The largest absolute Gasteiger partial charge is 0.394 e. The van der Waals surface area contributed by atoms with Gasteiger partial charge >= 0.3 is 0 Å². The first-order valence-electron chi connectivity index (χ1n) is 7.00. The monoisotopic (exact) mass is 260 g/mol. The molecule has 1 unspecified atom stereocenters. The number of nitrogens with one attached hydrogen (secondary N) is 1. The zero-order valence-corrected chi connectivity index (χ0v) is 11.6. The molecule has 0 aliphatic carbocycles. The summed E-state index contributed by atoms with van der Waals surface area (Å²) >= 11 is 0. The number of rotatable bonds is 10. The molecule has 0 amide bonds. The Morgan fingerprint density at radius 1 is 1.28 bits per heavy atom. The average molecular weight is 260 g/mol. The minimum Gasteiger partial charge on any atom is -0.394 e. The Labute approximate surface area is 110 Å². The molecule has 2 N–H and O–H groups in total. The van der Waals surface area contributed by atoms with Gasteiger partial charge in [0.25, 0.3) is 0 Å². The van der Waals surface area contributed by atoms with Crippen LogP contribution in [0.3, 0.4) is 0 Å². The molecule has 5 heteroatoms. The highest BCUT2D eigenvalue weighted by molar-refractivity contribution is 4.78. The van der Waals surface area contributed by atoms with Gasteiger partial charge in [0.2, 0.25) is 0 Å². The molecule has 1 heterocycles. The normalized spacial score (nSPS) is 21.3. The number of aliphatic hydroxyl groups is 1. The molecular formula is C13H28N2O3. The van der Waals surface area contributed by atoms with Crippen LogP contribution in [0.2, 0.25) is 0 Å². The van der Waals surface area contributed by atoms with E-state index in [9.17, 15) is 0 Å². The number of aliphatic hydroxyl groups excluding tert-OH is 1. The molecule has 1 aliphatic heterocycles. The maximum Gasteiger partial charge on any atom is 0.0698 e. The van der Waals surface area contributed by atoms with Crippen molar-refractivity contribution in [2.75, 3.05) is 59.7 Å². The van der Waals surface area contributed by atoms with E-state index < -0.39 is 0 Å². The Balaban J connectivity index is 2.15. The average Bonchev–Trinajstić information content (AvgIpc) is 2.41. The van der Waals surface area contributed by atoms with Gasteiger partial charge in [0.15, 0.2) is 0 Å². The minimum absolute atomic E-state index is 0.113. The molecule has 1 rings (SSSR count). The molecule has 0 aromatic rings. The molecule has 0 aromatic carbocycles. The summed E-state index contributed by atoms with van der Waals surface area (Å²) in [6, 6.07) is 0.619. The maximum absolute atomic E-state index is 8.66. The molecule has 5 nitrogen and oxygen atoms in total. The zero-order valence-electron chi connectivity index (χ0n) is 11.6. The van der Waals surface area contributed by atoms with Crippen LogP contribution in [-0.4, -0.2) is 75.8 Å². The van der Waals surface area contributed by atoms with Crippen molar-refractivity contribution >= 4 is 0 Å². The standard InChI is InChI=1S/C13H28N2O3/c1-17-9-5-14-12-13-4-2-3-6-15(13)7-10-18-11-8-16/h13-14,16H,2-12H2,1H3. The molecule has 1 saturated heterocycles. The first kappa shape index (κ1) is 15.9. The van der Waals surface area contributed by atoms with E-state index in [0.29, 0.717) is 12.6 Å². The van der Waals surface area contributed by atoms with Crippen molar-refractivity contribution in [1.29, 1.82) is 0 Å². The molecule has 1 aliphatic rings. The predicted octanol–water partition coefficient (Wildman–Crippen LogP) is 0.0858. The van der Waals surface area contributed by atoms with Gasteiger partial charge in [0.1, 0.15) is 0 Å². The van der Waals surface area contributed by atoms with Gasteiger partial charge in [-0.25, -0.2) is 0 Å². The Bertz CT molecular complexity index is 173. The summed E-state index contributed by atoms with van der Waals surface area (Å²) in [4.78, 5) is 2.50. The third kappa shape index (κ3) is 6.66. The lowest BCUT2D eigenvalue weighted by Gasteiger charge is -2.35. The van der Waals surface area contributed by atoms with Gasteiger partial charge in [0, 0.05) is 32.8 Å². The topological polar surface area (TPSA) is 54.0 Å². The first-order chi connectivity index (χ1) is 8.88. The molecule has 0 aromatic heterocycles. The molecule has 18 heavy (non-hydrogen) atoms. The molecule has 0 radical (unpaired) electrons. The summed E-state index contributed by atoms with van der Waals surface area (Å²) in [5, 5.41) is 12.1. The fourth-order valence-electron chi connectivity index (χ4n) is 2.38. The zero-order chi connectivity index (χ0) is 13.1. The smallest absolute Gasteiger partial charge is 0.0698 e. The quantitative estimate of drug-likeness (QED) is 0.545. The lowest BCUT2D eigenvalue weighted by molar-refractivity contribution is 0.0530. The van der Waals surface area contributed by atoms with Gasteiger partial charge in [-0.15, -0.1) is 0 Å². The summed E-state index contributed by atoms with van der Waals surface area (Å²) in [6.07, 6.45) is 3.87. The van der Waals surface area contributed by atoms with E-state index in [2.05, 4.69) is 10.2 Å². The van der Waals surface area contributed by atoms with Crippen molar-refractivity contribution in [1.82, 2.24) is 10.2 Å². The van der Waals surface area contributed by atoms with E-state index >= 15 is 0 Å². The Morgan fingerprint density at radius 3 is 2.94 bits per heavy atom. The SMILES string of the molecule is COCCNCC1CCCCN1CCOCCO. The summed E-state index contributed by atoms with van der Waals surface area (Å²) in [6.45, 7) is 6.13. The molecule has 0 saturated carbocycles. The van der Waals surface area contributed by atoms with Gasteiger partial charge in [-0.05, 0) is 19.4 Å². The van der Waals surface area contributed by atoms with E-state index in [1.165, 1.54) is 25.8 Å². The van der Waals surface area contributed by atoms with Gasteiger partial charge in [-0.1, -0.05) is 6.42 Å². The van der Waals surface area contributed by atoms with E-state index in [-0.39, 0.29) is 6.61 Å². The number of nitrogens with zero attached hydrogens (tertiary/aromatic N) is 1. The Hall–Kier alpha value is -0.200. The van der Waals surface area contributed by atoms with Crippen LogP contribution in [0.5, 0.6) is 0 Å². The third-order valence-electron chi connectivity index (χ3n) is 3.37. The van der Waals surface area contributed by atoms with Crippen molar-refractivity contribution in [3.63, 3.8) is 0 Å². The Morgan fingerprint density at radius 2 is 2.17 bits per heavy atom. The van der Waals surface area contributed by atoms with Crippen LogP contribution in [0.15, 0.2) is 0 Å². The van der Waals surface area contributed by atoms with Gasteiger partial charge < -0.3 is 19.9 Å². The molecule has 0 bridgehead atoms. The lowest BCUT2D eigenvalue weighted by Crippen LogP contribution is -2.47. The molecule has 1 fully saturated rings. The highest BCUT2D eigenvalue weighted by Gasteiger charge is 2.21. The van der Waals surface area contributed by atoms with Crippen LogP contribution in [0, 0.1) is 0 Å². The van der Waals surface area contributed by atoms with E-state index in [1.54, 1.807) is 7.11 Å². The van der Waals surface area contributed by atoms with Gasteiger partial charge in [-0.3, -0.25) is 4.90 Å². The van der Waals surface area contributed by atoms with Crippen LogP contribution in [-0.2, 0) is 9.47 Å². The van der Waals surface area contributed by atoms with Gasteiger partial charge in [0.05, 0.1) is 26.4 Å². The van der Waals surface area contributed by atoms with Crippen molar-refractivity contribution in [3.8, 4) is 0 Å². The van der Waals surface area contributed by atoms with E-state index in [4.69, 9.17) is 14.6 Å². The maximum atomic E-state index is 8.66. The second-order valence-electron chi connectivity index (χ2n) is 4.72. The number of hydrogen-bond acceptors (Lipinski definition) is 5. The number of hydrogen-bond donors (Lipinski definition) is 2. The summed E-state index contributed by atoms with van der Waals surface area (Å²) in [7, 11) is 1.73. The van der Waals surface area contributed by atoms with E-state index in [0.717, 1.165) is 32.8 Å². The molecular weight excluding hydrogens is 232 g/mol. The van der Waals surface area contributed by atoms with Crippen molar-refractivity contribution in [2.24, 2.45) is 0 Å². The predicted molar refractivity (Wildman–Crippen MR) is 71.9 cm³/mol. The fraction of sp³-hybridized carbons (Fsp3) is 1.00. The van der Waals surface area contributed by atoms with Crippen LogP contribution in [0.1, 0.15) is 19.3 Å². The van der Waals surface area contributed by atoms with Crippen molar-refractivity contribution < 1.29 is 14.6 Å². The third-order valence-corrected chi connectivity index (χ3v) is 3.37. The Kier molecular flexibility index (Phi) is 9.42. The highest BCUT2D eigenvalue weighted by Crippen LogP contribution is 2.15.